The van der Waals surface area contributed by atoms with E-state index in [2.05, 4.69) is 10.3 Å². The van der Waals surface area contributed by atoms with E-state index in [0.29, 0.717) is 17.0 Å². The van der Waals surface area contributed by atoms with Crippen molar-refractivity contribution in [3.63, 3.8) is 0 Å². The molecule has 32 heavy (non-hydrogen) atoms. The van der Waals surface area contributed by atoms with Crippen LogP contribution in [0, 0.1) is 12.8 Å². The molecule has 1 aromatic carbocycles. The van der Waals surface area contributed by atoms with Crippen LogP contribution in [0.3, 0.4) is 0 Å². The van der Waals surface area contributed by atoms with Crippen LogP contribution in [0.15, 0.2) is 28.5 Å². The number of aryl methyl sites for hydroxylation is 1. The molecule has 0 unspecified atom stereocenters. The number of aliphatic carboxylic acids is 1. The van der Waals surface area contributed by atoms with Crippen LogP contribution in [0.4, 0.5) is 10.8 Å². The van der Waals surface area contributed by atoms with E-state index in [1.165, 1.54) is 0 Å². The SMILES string of the molecule is Cc1ccc(N(OCC(C)C)C(=O)CC(=O)Nc2nc(CC(=O)O)c(S(C)(=O)=O)s2)cc1. The second-order valence-electron chi connectivity index (χ2n) is 7.53. The molecule has 2 aromatic rings. The molecule has 10 nitrogen and oxygen atoms in total. The van der Waals surface area contributed by atoms with Gasteiger partial charge in [0.05, 0.1) is 24.4 Å². The van der Waals surface area contributed by atoms with E-state index in [9.17, 15) is 22.8 Å². The second-order valence-corrected chi connectivity index (χ2v) is 10.7. The maximum absolute atomic E-state index is 12.8. The number of hydroxylamine groups is 1. The largest absolute Gasteiger partial charge is 0.481 e. The first kappa shape index (κ1) is 25.4. The van der Waals surface area contributed by atoms with Crippen molar-refractivity contribution in [2.75, 3.05) is 23.2 Å². The van der Waals surface area contributed by atoms with Gasteiger partial charge in [0, 0.05) is 6.26 Å². The number of benzene rings is 1. The van der Waals surface area contributed by atoms with Gasteiger partial charge in [-0.3, -0.25) is 19.2 Å². The van der Waals surface area contributed by atoms with E-state index in [1.54, 1.807) is 24.3 Å². The Kier molecular flexibility index (Phi) is 8.47. The Morgan fingerprint density at radius 2 is 1.84 bits per heavy atom. The average molecular weight is 484 g/mol. The number of nitrogens with one attached hydrogen (secondary N) is 1. The van der Waals surface area contributed by atoms with Crippen molar-refractivity contribution in [1.29, 1.82) is 0 Å². The van der Waals surface area contributed by atoms with Crippen molar-refractivity contribution < 1.29 is 32.7 Å². The number of carbonyl (C=O) groups is 3. The number of nitrogens with zero attached hydrogens (tertiary/aromatic N) is 2. The van der Waals surface area contributed by atoms with Crippen LogP contribution in [0.25, 0.3) is 0 Å². The Hall–Kier alpha value is -2.83. The fourth-order valence-corrected chi connectivity index (χ4v) is 4.62. The molecule has 2 amide bonds. The van der Waals surface area contributed by atoms with E-state index in [1.807, 2.05) is 20.8 Å². The number of hydrogen-bond acceptors (Lipinski definition) is 8. The molecule has 0 fully saturated rings. The molecular formula is C20H25N3O7S2. The maximum atomic E-state index is 12.8. The van der Waals surface area contributed by atoms with Crippen molar-refractivity contribution in [2.45, 2.75) is 37.8 Å². The predicted molar refractivity (Wildman–Crippen MR) is 119 cm³/mol. The minimum atomic E-state index is -3.74. The lowest BCUT2D eigenvalue weighted by Crippen LogP contribution is -2.35. The summed E-state index contributed by atoms with van der Waals surface area (Å²) in [5.74, 6) is -2.49. The van der Waals surface area contributed by atoms with E-state index < -0.39 is 40.5 Å². The number of anilines is 2. The molecule has 0 bridgehead atoms. The van der Waals surface area contributed by atoms with Crippen LogP contribution in [-0.2, 0) is 35.5 Å². The molecule has 0 aliphatic carbocycles. The smallest absolute Gasteiger partial charge is 0.309 e. The van der Waals surface area contributed by atoms with Gasteiger partial charge in [-0.25, -0.2) is 13.4 Å². The molecule has 0 saturated heterocycles. The molecular weight excluding hydrogens is 458 g/mol. The summed E-state index contributed by atoms with van der Waals surface area (Å²) in [4.78, 5) is 45.7. The van der Waals surface area contributed by atoms with Gasteiger partial charge in [0.2, 0.25) is 5.91 Å². The van der Waals surface area contributed by atoms with Crippen molar-refractivity contribution in [3.05, 3.63) is 35.5 Å². The third kappa shape index (κ3) is 7.39. The Morgan fingerprint density at radius 1 is 1.22 bits per heavy atom. The van der Waals surface area contributed by atoms with Gasteiger partial charge in [-0.1, -0.05) is 42.9 Å². The summed E-state index contributed by atoms with van der Waals surface area (Å²) in [5, 5.41) is 12.3. The van der Waals surface area contributed by atoms with Crippen LogP contribution in [0.5, 0.6) is 0 Å². The third-order valence-electron chi connectivity index (χ3n) is 3.91. The predicted octanol–water partition coefficient (Wildman–Crippen LogP) is 2.43. The first-order valence-corrected chi connectivity index (χ1v) is 12.3. The Bertz CT molecular complexity index is 1090. The van der Waals surface area contributed by atoms with E-state index >= 15 is 0 Å². The van der Waals surface area contributed by atoms with Crippen LogP contribution < -0.4 is 10.4 Å². The molecule has 1 aromatic heterocycles. The molecule has 0 aliphatic heterocycles. The molecule has 0 atom stereocenters. The number of carbonyl (C=O) groups excluding carboxylic acids is 2. The summed E-state index contributed by atoms with van der Waals surface area (Å²) in [6.07, 6.45) is -0.279. The molecule has 174 valence electrons. The van der Waals surface area contributed by atoms with Gasteiger partial charge in [0.15, 0.2) is 15.0 Å². The average Bonchev–Trinajstić information content (AvgIpc) is 3.04. The normalized spacial score (nSPS) is 11.4. The highest BCUT2D eigenvalue weighted by Gasteiger charge is 2.25. The summed E-state index contributed by atoms with van der Waals surface area (Å²) < 4.78 is 23.5. The summed E-state index contributed by atoms with van der Waals surface area (Å²) in [7, 11) is -3.74. The van der Waals surface area contributed by atoms with Crippen LogP contribution >= 0.6 is 11.3 Å². The lowest BCUT2D eigenvalue weighted by Gasteiger charge is -2.23. The van der Waals surface area contributed by atoms with Crippen LogP contribution in [0.1, 0.15) is 31.5 Å². The van der Waals surface area contributed by atoms with Gasteiger partial charge in [-0.2, -0.15) is 5.06 Å². The van der Waals surface area contributed by atoms with Crippen molar-refractivity contribution in [3.8, 4) is 0 Å². The molecule has 2 rings (SSSR count). The molecule has 0 saturated carbocycles. The third-order valence-corrected chi connectivity index (χ3v) is 6.78. The Balaban J connectivity index is 2.17. The van der Waals surface area contributed by atoms with E-state index in [4.69, 9.17) is 9.94 Å². The lowest BCUT2D eigenvalue weighted by atomic mass is 10.2. The van der Waals surface area contributed by atoms with Gasteiger partial charge in [0.25, 0.3) is 5.91 Å². The maximum Gasteiger partial charge on any atom is 0.309 e. The number of aromatic nitrogens is 1. The number of carboxylic acids is 1. The number of sulfone groups is 1. The van der Waals surface area contributed by atoms with Gasteiger partial charge in [0.1, 0.15) is 10.6 Å². The standard InChI is InChI=1S/C20H25N3O7S2/c1-12(2)11-30-23(14-7-5-13(3)6-8-14)17(25)10-16(24)22-20-21-15(9-18(26)27)19(31-20)32(4,28)29/h5-8,12H,9-11H2,1-4H3,(H,26,27)(H,21,22,24). The number of hydrogen-bond donors (Lipinski definition) is 2. The van der Waals surface area contributed by atoms with Crippen molar-refractivity contribution in [2.24, 2.45) is 5.92 Å². The highest BCUT2D eigenvalue weighted by Crippen LogP contribution is 2.28. The molecule has 0 spiro atoms. The fraction of sp³-hybridized carbons (Fsp3) is 0.400. The molecule has 0 aliphatic rings. The first-order chi connectivity index (χ1) is 14.9. The zero-order valence-electron chi connectivity index (χ0n) is 18.1. The minimum Gasteiger partial charge on any atom is -0.481 e. The summed E-state index contributed by atoms with van der Waals surface area (Å²) in [6, 6.07) is 7.01. The van der Waals surface area contributed by atoms with Crippen molar-refractivity contribution in [1.82, 2.24) is 4.98 Å². The highest BCUT2D eigenvalue weighted by molar-refractivity contribution is 7.92. The minimum absolute atomic E-state index is 0.107. The van der Waals surface area contributed by atoms with Gasteiger partial charge >= 0.3 is 5.97 Å². The molecule has 1 heterocycles. The topological polar surface area (TPSA) is 143 Å². The van der Waals surface area contributed by atoms with Crippen molar-refractivity contribution >= 4 is 49.8 Å². The van der Waals surface area contributed by atoms with Crippen LogP contribution in [-0.4, -0.2) is 49.2 Å². The van der Waals surface area contributed by atoms with Gasteiger partial charge < -0.3 is 10.4 Å². The van der Waals surface area contributed by atoms with Gasteiger partial charge in [-0.15, -0.1) is 0 Å². The molecule has 2 N–H and O–H groups in total. The zero-order chi connectivity index (χ0) is 24.1. The van der Waals surface area contributed by atoms with Crippen LogP contribution in [0.2, 0.25) is 0 Å². The highest BCUT2D eigenvalue weighted by atomic mass is 32.2. The lowest BCUT2D eigenvalue weighted by molar-refractivity contribution is -0.136. The van der Waals surface area contributed by atoms with E-state index in [-0.39, 0.29) is 27.6 Å². The summed E-state index contributed by atoms with van der Waals surface area (Å²) in [5.41, 5.74) is 1.28. The number of rotatable bonds is 10. The Labute approximate surface area is 190 Å². The quantitative estimate of drug-likeness (QED) is 0.387. The first-order valence-electron chi connectivity index (χ1n) is 9.60. The monoisotopic (exact) mass is 483 g/mol. The zero-order valence-corrected chi connectivity index (χ0v) is 19.7. The molecule has 0 radical (unpaired) electrons. The van der Waals surface area contributed by atoms with E-state index in [0.717, 1.165) is 16.9 Å². The number of thiazole rings is 1. The number of amides is 2. The summed E-state index contributed by atoms with van der Waals surface area (Å²) >= 11 is 0.634. The molecule has 12 heteroatoms. The second kappa shape index (κ2) is 10.7. The summed E-state index contributed by atoms with van der Waals surface area (Å²) in [6.45, 7) is 5.99. The Morgan fingerprint density at radius 3 is 2.38 bits per heavy atom. The number of carboxylic acid groups (broad SMARTS) is 1. The van der Waals surface area contributed by atoms with Gasteiger partial charge in [-0.05, 0) is 25.0 Å². The fourth-order valence-electron chi connectivity index (χ4n) is 2.50.